The molecule has 33 heavy (non-hydrogen) atoms. The van der Waals surface area contributed by atoms with Crippen molar-refractivity contribution in [2.24, 2.45) is 0 Å². The number of rotatable bonds is 5. The first-order chi connectivity index (χ1) is 15.2. The molecule has 0 atom stereocenters. The number of unbranched alkanes of at least 4 members (excludes halogenated alkanes) is 3. The molecule has 0 heterocycles. The van der Waals surface area contributed by atoms with Gasteiger partial charge in [-0.3, -0.25) is 0 Å². The molecule has 0 nitrogen and oxygen atoms in total. The summed E-state index contributed by atoms with van der Waals surface area (Å²) in [4.78, 5) is 0. The van der Waals surface area contributed by atoms with Gasteiger partial charge in [0.1, 0.15) is 0 Å². The van der Waals surface area contributed by atoms with E-state index in [0.29, 0.717) is 5.56 Å². The minimum Gasteiger partial charge on any atom is -0.159 e. The number of halogens is 3. The van der Waals surface area contributed by atoms with E-state index in [1.807, 2.05) is 36.3 Å². The Kier molecular flexibility index (Phi) is 25.6. The van der Waals surface area contributed by atoms with Gasteiger partial charge in [0.15, 0.2) is 0 Å². The smallest absolute Gasteiger partial charge is 0.159 e. The molecule has 0 aliphatic rings. The van der Waals surface area contributed by atoms with Gasteiger partial charge in [-0.15, -0.1) is 0 Å². The van der Waals surface area contributed by atoms with Crippen LogP contribution in [0.3, 0.4) is 0 Å². The number of alkyl halides is 3. The second kappa shape index (κ2) is 23.5. The van der Waals surface area contributed by atoms with Gasteiger partial charge < -0.3 is 0 Å². The topological polar surface area (TPSA) is 0 Å². The second-order valence-electron chi connectivity index (χ2n) is 6.67. The average molecular weight is 561 g/mol. The molecule has 0 unspecified atom stereocenters. The van der Waals surface area contributed by atoms with Crippen LogP contribution < -0.4 is 0 Å². The quantitative estimate of drug-likeness (QED) is 0.252. The molecule has 0 aliphatic heterocycles. The maximum Gasteiger partial charge on any atom is 0.458 e. The van der Waals surface area contributed by atoms with Crippen LogP contribution in [0.1, 0.15) is 64.9 Å². The van der Waals surface area contributed by atoms with Crippen molar-refractivity contribution in [1.82, 2.24) is 0 Å². The zero-order chi connectivity index (χ0) is 24.8. The molecule has 0 saturated carbocycles. The third-order valence-corrected chi connectivity index (χ3v) is 3.70. The first-order valence-electron chi connectivity index (χ1n) is 11.0. The Labute approximate surface area is 218 Å². The van der Waals surface area contributed by atoms with Crippen LogP contribution >= 0.6 is 0 Å². The number of allylic oxidation sites excluding steroid dienone is 1. The molecule has 0 aromatic heterocycles. The summed E-state index contributed by atoms with van der Waals surface area (Å²) in [5, 5.41) is 0. The van der Waals surface area contributed by atoms with E-state index in [4.69, 9.17) is 6.58 Å². The Morgan fingerprint density at radius 2 is 1.12 bits per heavy atom. The van der Waals surface area contributed by atoms with Crippen molar-refractivity contribution in [2.45, 2.75) is 65.5 Å². The van der Waals surface area contributed by atoms with Crippen molar-refractivity contribution in [1.29, 1.82) is 0 Å². The van der Waals surface area contributed by atoms with Gasteiger partial charge in [0.25, 0.3) is 0 Å². The summed E-state index contributed by atoms with van der Waals surface area (Å²) < 4.78 is 35.9. The largest absolute Gasteiger partial charge is 0.458 e. The van der Waals surface area contributed by atoms with E-state index >= 15 is 0 Å². The predicted molar refractivity (Wildman–Crippen MR) is 140 cm³/mol. The van der Waals surface area contributed by atoms with Gasteiger partial charge in [0.05, 0.1) is 0 Å². The molecule has 0 bridgehead atoms. The van der Waals surface area contributed by atoms with Crippen molar-refractivity contribution in [3.8, 4) is 23.0 Å². The molecule has 8 radical (unpaired) electrons. The summed E-state index contributed by atoms with van der Waals surface area (Å²) in [5.41, 5.74) is 2.37. The summed E-state index contributed by atoms with van der Waals surface area (Å²) in [6.45, 7) is 22.7. The first-order valence-corrected chi connectivity index (χ1v) is 11.0. The van der Waals surface area contributed by atoms with Crippen LogP contribution in [-0.4, -0.2) is 30.1 Å². The minimum absolute atomic E-state index is 0. The first kappa shape index (κ1) is 35.9. The standard InChI is InChI=1S/C17H10F3.3C4H9.Sn/c1-13(11-12-17(18,19)20)14-7-9-16(10-8-14)15-5-3-2-4-6-15;3*1-3-4-2;/h1-10H;3*1,3-4H2,2H3;. The summed E-state index contributed by atoms with van der Waals surface area (Å²) in [5.74, 6) is 3.07. The Hall–Kier alpha value is -1.67. The Balaban J connectivity index is -0.000000578. The zero-order valence-corrected chi connectivity index (χ0v) is 23.1. The fourth-order valence-electron chi connectivity index (χ4n) is 1.68. The number of hydrogen-bond acceptors (Lipinski definition) is 0. The summed E-state index contributed by atoms with van der Waals surface area (Å²) in [7, 11) is 0. The van der Waals surface area contributed by atoms with E-state index in [-0.39, 0.29) is 29.5 Å². The molecular weight excluding hydrogens is 524 g/mol. The van der Waals surface area contributed by atoms with Crippen molar-refractivity contribution >= 4 is 29.5 Å². The molecule has 2 aromatic rings. The third kappa shape index (κ3) is 21.9. The molecule has 4 heteroatoms. The zero-order valence-electron chi connectivity index (χ0n) is 20.3. The minimum atomic E-state index is -4.53. The van der Waals surface area contributed by atoms with Gasteiger partial charge in [-0.05, 0) is 23.3 Å². The molecule has 0 amide bonds. The Bertz CT molecular complexity index is 736. The van der Waals surface area contributed by atoms with Crippen molar-refractivity contribution in [2.75, 3.05) is 0 Å². The molecule has 2 aromatic carbocycles. The van der Waals surface area contributed by atoms with E-state index in [9.17, 15) is 13.2 Å². The van der Waals surface area contributed by atoms with Crippen LogP contribution in [0, 0.1) is 39.2 Å². The van der Waals surface area contributed by atoms with E-state index in [1.165, 1.54) is 19.3 Å². The van der Waals surface area contributed by atoms with Gasteiger partial charge >= 0.3 is 6.18 Å². The van der Waals surface area contributed by atoms with E-state index in [0.717, 1.165) is 36.3 Å². The molecule has 178 valence electrons. The van der Waals surface area contributed by atoms with Gasteiger partial charge in [0.2, 0.25) is 0 Å². The van der Waals surface area contributed by atoms with Crippen LogP contribution in [0.2, 0.25) is 0 Å². The Morgan fingerprint density at radius 1 is 0.758 bits per heavy atom. The number of hydrogen-bond donors (Lipinski definition) is 0. The maximum absolute atomic E-state index is 12.0. The molecule has 0 spiro atoms. The van der Waals surface area contributed by atoms with Crippen molar-refractivity contribution < 1.29 is 13.2 Å². The molecule has 0 N–H and O–H groups in total. The number of benzene rings is 2. The molecular formula is C29H37F3Sn. The van der Waals surface area contributed by atoms with Gasteiger partial charge in [-0.25, -0.2) is 0 Å². The molecule has 0 fully saturated rings. The van der Waals surface area contributed by atoms with Gasteiger partial charge in [0, 0.05) is 35.4 Å². The monoisotopic (exact) mass is 562 g/mol. The molecule has 0 aliphatic carbocycles. The van der Waals surface area contributed by atoms with Gasteiger partial charge in [-0.1, -0.05) is 141 Å². The molecule has 0 saturated heterocycles. The normalized spacial score (nSPS) is 9.12. The van der Waals surface area contributed by atoms with E-state index in [1.54, 1.807) is 24.3 Å². The summed E-state index contributed by atoms with van der Waals surface area (Å²) >= 11 is 0. The third-order valence-electron chi connectivity index (χ3n) is 3.70. The van der Waals surface area contributed by atoms with Crippen molar-refractivity contribution in [3.05, 3.63) is 87.5 Å². The second-order valence-corrected chi connectivity index (χ2v) is 6.67. The fourth-order valence-corrected chi connectivity index (χ4v) is 1.68. The SMILES string of the molecule is [CH2]CCC.[CH2]CCC.[CH2]CCC.[CH]=C(C#CC(F)(F)F)c1ccc(-c2ccccc2)cc1.[Sn]. The average Bonchev–Trinajstić information content (AvgIpc) is 2.83. The van der Waals surface area contributed by atoms with E-state index in [2.05, 4.69) is 41.5 Å². The molecule has 2 rings (SSSR count). The van der Waals surface area contributed by atoms with Crippen LogP contribution in [0.25, 0.3) is 16.7 Å². The Morgan fingerprint density at radius 3 is 1.45 bits per heavy atom. The summed E-state index contributed by atoms with van der Waals surface area (Å²) in [6, 6.07) is 16.6. The van der Waals surface area contributed by atoms with Crippen LogP contribution in [0.5, 0.6) is 0 Å². The van der Waals surface area contributed by atoms with Crippen LogP contribution in [0.15, 0.2) is 54.6 Å². The van der Waals surface area contributed by atoms with Crippen LogP contribution in [-0.2, 0) is 0 Å². The maximum atomic E-state index is 12.0. The fraction of sp³-hybridized carbons (Fsp3) is 0.345. The van der Waals surface area contributed by atoms with E-state index < -0.39 is 6.18 Å². The predicted octanol–water partition coefficient (Wildman–Crippen LogP) is 9.22. The van der Waals surface area contributed by atoms with Crippen LogP contribution in [0.4, 0.5) is 13.2 Å². The van der Waals surface area contributed by atoms with Crippen molar-refractivity contribution in [3.63, 3.8) is 0 Å². The van der Waals surface area contributed by atoms with Gasteiger partial charge in [-0.2, -0.15) is 13.2 Å². The summed E-state index contributed by atoms with van der Waals surface area (Å²) in [6.07, 6.45) is 2.30.